The fourth-order valence-corrected chi connectivity index (χ4v) is 1.01. The maximum atomic E-state index is 8.34. The lowest BCUT2D eigenvalue weighted by molar-refractivity contribution is 1.07. The first-order valence-corrected chi connectivity index (χ1v) is 4.41. The van der Waals surface area contributed by atoms with E-state index in [9.17, 15) is 0 Å². The molecule has 3 heteroatoms. The Kier molecular flexibility index (Phi) is 3.69. The molecule has 0 amide bonds. The second-order valence-electron chi connectivity index (χ2n) is 3.11. The largest absolute Gasteiger partial charge is 0.363 e. The van der Waals surface area contributed by atoms with Crippen molar-refractivity contribution in [3.05, 3.63) is 30.0 Å². The summed E-state index contributed by atoms with van der Waals surface area (Å²) >= 11 is 0. The molecule has 0 unspecified atom stereocenters. The van der Waals surface area contributed by atoms with Gasteiger partial charge >= 0.3 is 0 Å². The van der Waals surface area contributed by atoms with Crippen molar-refractivity contribution in [1.29, 1.82) is 5.26 Å². The standard InChI is InChI=1S/C11H13N3/c1-14(2)11-7-6-10(9-13-11)5-3-4-8-12/h3,5-7,9H,4H2,1-2H3. The third-order valence-electron chi connectivity index (χ3n) is 1.75. The zero-order valence-corrected chi connectivity index (χ0v) is 8.44. The van der Waals surface area contributed by atoms with Crippen molar-refractivity contribution in [1.82, 2.24) is 4.98 Å². The maximum Gasteiger partial charge on any atom is 0.127 e. The Bertz CT molecular complexity index is 344. The Labute approximate surface area is 84.3 Å². The van der Waals surface area contributed by atoms with E-state index in [1.165, 1.54) is 0 Å². The van der Waals surface area contributed by atoms with E-state index in [1.807, 2.05) is 43.3 Å². The van der Waals surface area contributed by atoms with Gasteiger partial charge < -0.3 is 4.90 Å². The minimum atomic E-state index is 0.440. The number of rotatable bonds is 3. The van der Waals surface area contributed by atoms with Crippen LogP contribution in [0.5, 0.6) is 0 Å². The van der Waals surface area contributed by atoms with Gasteiger partial charge in [0.2, 0.25) is 0 Å². The second kappa shape index (κ2) is 5.03. The molecule has 1 rings (SSSR count). The highest BCUT2D eigenvalue weighted by atomic mass is 15.1. The first-order chi connectivity index (χ1) is 6.74. The molecule has 0 aliphatic rings. The van der Waals surface area contributed by atoms with E-state index in [-0.39, 0.29) is 0 Å². The molecule has 0 saturated heterocycles. The van der Waals surface area contributed by atoms with Crippen molar-refractivity contribution in [2.45, 2.75) is 6.42 Å². The van der Waals surface area contributed by atoms with Gasteiger partial charge in [0.25, 0.3) is 0 Å². The molecular formula is C11H13N3. The van der Waals surface area contributed by atoms with E-state index in [0.29, 0.717) is 6.42 Å². The summed E-state index contributed by atoms with van der Waals surface area (Å²) in [5.41, 5.74) is 1.02. The Hall–Kier alpha value is -1.82. The lowest BCUT2D eigenvalue weighted by Crippen LogP contribution is -2.09. The Morgan fingerprint density at radius 2 is 2.29 bits per heavy atom. The van der Waals surface area contributed by atoms with Crippen LogP contribution in [0.15, 0.2) is 24.4 Å². The molecule has 0 aromatic carbocycles. The number of aromatic nitrogens is 1. The average molecular weight is 187 g/mol. The molecule has 0 spiro atoms. The molecular weight excluding hydrogens is 174 g/mol. The van der Waals surface area contributed by atoms with E-state index in [4.69, 9.17) is 5.26 Å². The summed E-state index contributed by atoms with van der Waals surface area (Å²) in [4.78, 5) is 6.20. The molecule has 0 aliphatic carbocycles. The quantitative estimate of drug-likeness (QED) is 0.727. The van der Waals surface area contributed by atoms with Gasteiger partial charge in [0, 0.05) is 20.3 Å². The minimum absolute atomic E-state index is 0.440. The molecule has 1 aromatic rings. The summed E-state index contributed by atoms with van der Waals surface area (Å²) in [6.45, 7) is 0. The van der Waals surface area contributed by atoms with Crippen LogP contribution < -0.4 is 4.90 Å². The Morgan fingerprint density at radius 3 is 2.79 bits per heavy atom. The number of hydrogen-bond donors (Lipinski definition) is 0. The van der Waals surface area contributed by atoms with Crippen LogP contribution in [0.4, 0.5) is 5.82 Å². The van der Waals surface area contributed by atoms with Gasteiger partial charge in [-0.1, -0.05) is 12.2 Å². The second-order valence-corrected chi connectivity index (χ2v) is 3.11. The molecule has 0 aliphatic heterocycles. The molecule has 3 nitrogen and oxygen atoms in total. The maximum absolute atomic E-state index is 8.34. The lowest BCUT2D eigenvalue weighted by Gasteiger charge is -2.10. The highest BCUT2D eigenvalue weighted by molar-refractivity contribution is 5.51. The molecule has 0 fully saturated rings. The van der Waals surface area contributed by atoms with Crippen molar-refractivity contribution in [2.75, 3.05) is 19.0 Å². The third-order valence-corrected chi connectivity index (χ3v) is 1.75. The van der Waals surface area contributed by atoms with Gasteiger partial charge in [0.15, 0.2) is 0 Å². The van der Waals surface area contributed by atoms with E-state index in [0.717, 1.165) is 11.4 Å². The summed E-state index contributed by atoms with van der Waals surface area (Å²) in [7, 11) is 3.90. The van der Waals surface area contributed by atoms with Crippen LogP contribution in [-0.4, -0.2) is 19.1 Å². The molecule has 0 radical (unpaired) electrons. The summed E-state index contributed by atoms with van der Waals surface area (Å²) in [6.07, 6.45) is 5.96. The van der Waals surface area contributed by atoms with Gasteiger partial charge in [-0.2, -0.15) is 5.26 Å². The van der Waals surface area contributed by atoms with Crippen LogP contribution in [0.3, 0.4) is 0 Å². The summed E-state index contributed by atoms with van der Waals surface area (Å²) in [5.74, 6) is 0.933. The Balaban J connectivity index is 2.70. The predicted molar refractivity (Wildman–Crippen MR) is 57.8 cm³/mol. The van der Waals surface area contributed by atoms with Crippen molar-refractivity contribution in [2.24, 2.45) is 0 Å². The van der Waals surface area contributed by atoms with Crippen LogP contribution in [0, 0.1) is 11.3 Å². The fraction of sp³-hybridized carbons (Fsp3) is 0.273. The lowest BCUT2D eigenvalue weighted by atomic mass is 10.2. The number of allylic oxidation sites excluding steroid dienone is 1. The van der Waals surface area contributed by atoms with E-state index >= 15 is 0 Å². The number of nitriles is 1. The third kappa shape index (κ3) is 2.91. The zero-order valence-electron chi connectivity index (χ0n) is 8.44. The van der Waals surface area contributed by atoms with Gasteiger partial charge in [0.05, 0.1) is 12.5 Å². The van der Waals surface area contributed by atoms with Crippen molar-refractivity contribution < 1.29 is 0 Å². The predicted octanol–water partition coefficient (Wildman–Crippen LogP) is 2.07. The average Bonchev–Trinajstić information content (AvgIpc) is 2.19. The molecule has 14 heavy (non-hydrogen) atoms. The van der Waals surface area contributed by atoms with Crippen LogP contribution in [0.25, 0.3) is 6.08 Å². The molecule has 72 valence electrons. The molecule has 0 N–H and O–H groups in total. The fourth-order valence-electron chi connectivity index (χ4n) is 1.01. The van der Waals surface area contributed by atoms with Gasteiger partial charge in [0.1, 0.15) is 5.82 Å². The van der Waals surface area contributed by atoms with Crippen molar-refractivity contribution >= 4 is 11.9 Å². The summed E-state index contributed by atoms with van der Waals surface area (Å²) in [6, 6.07) is 5.98. The molecule has 1 aromatic heterocycles. The SMILES string of the molecule is CN(C)c1ccc(C=CCC#N)cn1. The van der Waals surface area contributed by atoms with Crippen LogP contribution in [0.1, 0.15) is 12.0 Å². The number of hydrogen-bond acceptors (Lipinski definition) is 3. The van der Waals surface area contributed by atoms with E-state index in [1.54, 1.807) is 6.20 Å². The number of anilines is 1. The first kappa shape index (κ1) is 10.3. The van der Waals surface area contributed by atoms with Gasteiger partial charge in [-0.25, -0.2) is 4.98 Å². The van der Waals surface area contributed by atoms with Gasteiger partial charge in [-0.05, 0) is 17.7 Å². The van der Waals surface area contributed by atoms with Crippen molar-refractivity contribution in [3.63, 3.8) is 0 Å². The number of nitrogens with zero attached hydrogens (tertiary/aromatic N) is 3. The highest BCUT2D eigenvalue weighted by Crippen LogP contribution is 2.08. The van der Waals surface area contributed by atoms with Crippen LogP contribution >= 0.6 is 0 Å². The molecule has 0 atom stereocenters. The highest BCUT2D eigenvalue weighted by Gasteiger charge is 1.94. The van der Waals surface area contributed by atoms with Crippen LogP contribution in [0.2, 0.25) is 0 Å². The first-order valence-electron chi connectivity index (χ1n) is 4.41. The summed E-state index contributed by atoms with van der Waals surface area (Å²) in [5, 5.41) is 8.34. The molecule has 0 bridgehead atoms. The smallest absolute Gasteiger partial charge is 0.127 e. The van der Waals surface area contributed by atoms with Gasteiger partial charge in [-0.3, -0.25) is 0 Å². The zero-order chi connectivity index (χ0) is 10.4. The van der Waals surface area contributed by atoms with Gasteiger partial charge in [-0.15, -0.1) is 0 Å². The minimum Gasteiger partial charge on any atom is -0.363 e. The molecule has 0 saturated carbocycles. The Morgan fingerprint density at radius 1 is 1.50 bits per heavy atom. The normalized spacial score (nSPS) is 10.1. The topological polar surface area (TPSA) is 39.9 Å². The van der Waals surface area contributed by atoms with Crippen LogP contribution in [-0.2, 0) is 0 Å². The monoisotopic (exact) mass is 187 g/mol. The number of pyridine rings is 1. The van der Waals surface area contributed by atoms with Crippen molar-refractivity contribution in [3.8, 4) is 6.07 Å². The van der Waals surface area contributed by atoms with E-state index < -0.39 is 0 Å². The summed E-state index contributed by atoms with van der Waals surface area (Å²) < 4.78 is 0. The van der Waals surface area contributed by atoms with E-state index in [2.05, 4.69) is 11.1 Å². The molecule has 1 heterocycles.